The molecule has 1 aliphatic heterocycles. The van der Waals surface area contributed by atoms with Crippen molar-refractivity contribution in [3.8, 4) is 0 Å². The van der Waals surface area contributed by atoms with Crippen LogP contribution in [0.1, 0.15) is 0 Å². The van der Waals surface area contributed by atoms with Crippen LogP contribution in [0.2, 0.25) is 0 Å². The molecule has 0 amide bonds. The SMILES string of the molecule is O=C1/C=C/C=C/C=C\C=C\C=C\C=C/C=C/C=N/N=N/O1. The first-order valence-electron chi connectivity index (χ1n) is 6.20. The molecule has 0 aromatic rings. The van der Waals surface area contributed by atoms with E-state index in [1.165, 1.54) is 12.3 Å². The van der Waals surface area contributed by atoms with E-state index in [1.54, 1.807) is 30.4 Å². The topological polar surface area (TPSA) is 63.4 Å². The molecule has 0 radical (unpaired) electrons. The van der Waals surface area contributed by atoms with Gasteiger partial charge in [-0.3, -0.25) is 4.84 Å². The molecule has 5 nitrogen and oxygen atoms in total. The van der Waals surface area contributed by atoms with Crippen LogP contribution in [0.3, 0.4) is 0 Å². The first-order chi connectivity index (χ1) is 10.4. The molecule has 0 aromatic heterocycles. The molecular weight excluding hydrogens is 266 g/mol. The van der Waals surface area contributed by atoms with E-state index >= 15 is 0 Å². The first-order valence-corrected chi connectivity index (χ1v) is 6.20. The Balaban J connectivity index is 2.69. The molecule has 1 heterocycles. The molecule has 0 aliphatic carbocycles. The van der Waals surface area contributed by atoms with Gasteiger partial charge in [-0.15, -0.1) is 5.10 Å². The minimum absolute atomic E-state index is 0.625. The molecule has 0 bridgehead atoms. The van der Waals surface area contributed by atoms with Crippen LogP contribution < -0.4 is 0 Å². The highest BCUT2D eigenvalue weighted by Gasteiger charge is 1.92. The molecule has 0 aromatic carbocycles. The minimum Gasteiger partial charge on any atom is -0.294 e. The van der Waals surface area contributed by atoms with Crippen molar-refractivity contribution in [2.24, 2.45) is 15.6 Å². The van der Waals surface area contributed by atoms with Crippen molar-refractivity contribution in [2.45, 2.75) is 0 Å². The standard InChI is InChI=1S/C16H15N3O2/c20-16-14-12-10-8-6-4-2-1-3-5-7-9-11-13-15-17-18-19-21-16/h1-15H/b2-1+,5-3+,6-4-,9-7-,10-8+,13-11+,14-12+,17-15+,19-18+. The summed E-state index contributed by atoms with van der Waals surface area (Å²) in [5.41, 5.74) is 0. The molecule has 0 N–H and O–H groups in total. The lowest BCUT2D eigenvalue weighted by atomic mass is 10.3. The van der Waals surface area contributed by atoms with Crippen LogP contribution in [0.5, 0.6) is 0 Å². The van der Waals surface area contributed by atoms with Gasteiger partial charge in [0.2, 0.25) is 0 Å². The lowest BCUT2D eigenvalue weighted by Crippen LogP contribution is -1.92. The Morgan fingerprint density at radius 3 is 1.71 bits per heavy atom. The maximum absolute atomic E-state index is 11.2. The van der Waals surface area contributed by atoms with E-state index in [0.717, 1.165) is 0 Å². The van der Waals surface area contributed by atoms with E-state index in [2.05, 4.69) is 20.4 Å². The molecule has 0 saturated carbocycles. The van der Waals surface area contributed by atoms with Crippen LogP contribution in [0.4, 0.5) is 0 Å². The second-order valence-corrected chi connectivity index (χ2v) is 3.51. The van der Waals surface area contributed by atoms with Crippen LogP contribution in [0.15, 0.2) is 101 Å². The third kappa shape index (κ3) is 10.5. The second kappa shape index (κ2) is 12.0. The Hall–Kier alpha value is -3.08. The lowest BCUT2D eigenvalue weighted by molar-refractivity contribution is -0.138. The van der Waals surface area contributed by atoms with E-state index in [0.29, 0.717) is 0 Å². The molecule has 106 valence electrons. The number of hydrogen-bond acceptors (Lipinski definition) is 5. The van der Waals surface area contributed by atoms with E-state index in [1.807, 2.05) is 48.6 Å². The quantitative estimate of drug-likeness (QED) is 0.678. The van der Waals surface area contributed by atoms with E-state index in [9.17, 15) is 4.79 Å². The molecule has 0 saturated heterocycles. The number of allylic oxidation sites excluding steroid dienone is 13. The molecule has 0 unspecified atom stereocenters. The Bertz CT molecular complexity index is 574. The number of nitrogens with zero attached hydrogens (tertiary/aromatic N) is 3. The molecule has 0 atom stereocenters. The average molecular weight is 281 g/mol. The molecule has 5 heteroatoms. The number of carbonyl (C=O) groups is 1. The van der Waals surface area contributed by atoms with Gasteiger partial charge in [-0.2, -0.15) is 0 Å². The summed E-state index contributed by atoms with van der Waals surface area (Å²) < 4.78 is 0. The average Bonchev–Trinajstić information content (AvgIpc) is 2.48. The summed E-state index contributed by atoms with van der Waals surface area (Å²) in [5.74, 6) is -0.625. The maximum Gasteiger partial charge on any atom is 0.360 e. The van der Waals surface area contributed by atoms with Crippen molar-refractivity contribution < 1.29 is 9.63 Å². The van der Waals surface area contributed by atoms with Crippen LogP contribution in [-0.2, 0) is 9.63 Å². The van der Waals surface area contributed by atoms with E-state index in [4.69, 9.17) is 0 Å². The van der Waals surface area contributed by atoms with Crippen LogP contribution in [0.25, 0.3) is 0 Å². The van der Waals surface area contributed by atoms with Crippen molar-refractivity contribution in [1.29, 1.82) is 0 Å². The third-order valence-electron chi connectivity index (χ3n) is 1.94. The zero-order valence-corrected chi connectivity index (χ0v) is 11.3. The summed E-state index contributed by atoms with van der Waals surface area (Å²) in [6.07, 6.45) is 26.2. The van der Waals surface area contributed by atoms with Gasteiger partial charge >= 0.3 is 5.97 Å². The highest BCUT2D eigenvalue weighted by Crippen LogP contribution is 1.88. The Kier molecular flexibility index (Phi) is 9.11. The van der Waals surface area contributed by atoms with Gasteiger partial charge in [-0.1, -0.05) is 72.9 Å². The molecule has 1 rings (SSSR count). The van der Waals surface area contributed by atoms with E-state index in [-0.39, 0.29) is 0 Å². The van der Waals surface area contributed by atoms with Crippen LogP contribution >= 0.6 is 0 Å². The lowest BCUT2D eigenvalue weighted by Gasteiger charge is -1.85. The summed E-state index contributed by atoms with van der Waals surface area (Å²) in [4.78, 5) is 15.6. The zero-order valence-electron chi connectivity index (χ0n) is 11.3. The Morgan fingerprint density at radius 2 is 1.14 bits per heavy atom. The molecule has 0 spiro atoms. The summed E-state index contributed by atoms with van der Waals surface area (Å²) in [6.45, 7) is 0. The van der Waals surface area contributed by atoms with Gasteiger partial charge in [-0.05, 0) is 11.3 Å². The largest absolute Gasteiger partial charge is 0.360 e. The number of carbonyl (C=O) groups excluding carboxylic acids is 1. The first kappa shape index (κ1) is 16.0. The van der Waals surface area contributed by atoms with Crippen LogP contribution in [-0.4, -0.2) is 12.2 Å². The zero-order chi connectivity index (χ0) is 15.0. The van der Waals surface area contributed by atoms with Gasteiger partial charge < -0.3 is 0 Å². The fourth-order valence-electron chi connectivity index (χ4n) is 1.07. The smallest absolute Gasteiger partial charge is 0.294 e. The maximum atomic E-state index is 11.2. The fraction of sp³-hybridized carbons (Fsp3) is 0. The highest BCUT2D eigenvalue weighted by atomic mass is 16.7. The Labute approximate surface area is 123 Å². The van der Waals surface area contributed by atoms with Crippen molar-refractivity contribution in [3.05, 3.63) is 85.1 Å². The van der Waals surface area contributed by atoms with Gasteiger partial charge in [0.1, 0.15) is 0 Å². The molecule has 21 heavy (non-hydrogen) atoms. The van der Waals surface area contributed by atoms with Gasteiger partial charge in [0, 0.05) is 6.08 Å². The van der Waals surface area contributed by atoms with Crippen molar-refractivity contribution in [1.82, 2.24) is 0 Å². The highest BCUT2D eigenvalue weighted by molar-refractivity contribution is 5.82. The minimum atomic E-state index is -0.625. The molecule has 0 fully saturated rings. The Morgan fingerprint density at radius 1 is 0.667 bits per heavy atom. The molecular formula is C16H15N3O2. The fourth-order valence-corrected chi connectivity index (χ4v) is 1.07. The summed E-state index contributed by atoms with van der Waals surface area (Å²) in [7, 11) is 0. The number of hydrogen-bond donors (Lipinski definition) is 0. The van der Waals surface area contributed by atoms with Gasteiger partial charge in [0.25, 0.3) is 0 Å². The second-order valence-electron chi connectivity index (χ2n) is 3.51. The third-order valence-corrected chi connectivity index (χ3v) is 1.94. The normalized spacial score (nSPS) is 30.0. The molecule has 1 aliphatic rings. The van der Waals surface area contributed by atoms with Crippen molar-refractivity contribution in [3.63, 3.8) is 0 Å². The van der Waals surface area contributed by atoms with Crippen LogP contribution in [0, 0.1) is 0 Å². The van der Waals surface area contributed by atoms with Gasteiger partial charge in [0.05, 0.1) is 11.5 Å². The summed E-state index contributed by atoms with van der Waals surface area (Å²) in [5, 5.41) is 10.0. The predicted octanol–water partition coefficient (Wildman–Crippen LogP) is 3.79. The van der Waals surface area contributed by atoms with Crippen molar-refractivity contribution >= 4 is 12.2 Å². The van der Waals surface area contributed by atoms with E-state index < -0.39 is 5.97 Å². The van der Waals surface area contributed by atoms with Crippen molar-refractivity contribution in [2.75, 3.05) is 0 Å². The predicted molar refractivity (Wildman–Crippen MR) is 83.4 cm³/mol. The van der Waals surface area contributed by atoms with Gasteiger partial charge in [0.15, 0.2) is 0 Å². The summed E-state index contributed by atoms with van der Waals surface area (Å²) in [6, 6.07) is 0. The number of rotatable bonds is 0. The monoisotopic (exact) mass is 281 g/mol. The summed E-state index contributed by atoms with van der Waals surface area (Å²) >= 11 is 0. The van der Waals surface area contributed by atoms with Gasteiger partial charge in [-0.25, -0.2) is 4.79 Å².